The molecular formula is C13H17N3O4. The van der Waals surface area contributed by atoms with Crippen molar-refractivity contribution < 1.29 is 14.5 Å². The number of nitro groups is 1. The highest BCUT2D eigenvalue weighted by molar-refractivity contribution is 5.95. The molecule has 1 aliphatic heterocycles. The average molecular weight is 279 g/mol. The van der Waals surface area contributed by atoms with Gasteiger partial charge in [0, 0.05) is 18.3 Å². The summed E-state index contributed by atoms with van der Waals surface area (Å²) in [5.41, 5.74) is -0.245. The molecule has 1 aliphatic rings. The number of hydrogen-bond acceptors (Lipinski definition) is 5. The Kier molecular flexibility index (Phi) is 3.89. The summed E-state index contributed by atoms with van der Waals surface area (Å²) in [4.78, 5) is 22.6. The van der Waals surface area contributed by atoms with E-state index in [9.17, 15) is 14.9 Å². The molecule has 108 valence electrons. The second-order valence-corrected chi connectivity index (χ2v) is 5.09. The smallest absolute Gasteiger partial charge is 0.312 e. The molecule has 1 fully saturated rings. The van der Waals surface area contributed by atoms with Gasteiger partial charge in [-0.25, -0.2) is 0 Å². The van der Waals surface area contributed by atoms with E-state index >= 15 is 0 Å². The van der Waals surface area contributed by atoms with Crippen LogP contribution in [0.1, 0.15) is 13.3 Å². The largest absolute Gasteiger partial charge is 0.490 e. The lowest BCUT2D eigenvalue weighted by molar-refractivity contribution is -0.385. The van der Waals surface area contributed by atoms with Crippen LogP contribution in [0.5, 0.6) is 5.75 Å². The van der Waals surface area contributed by atoms with Crippen LogP contribution in [-0.2, 0) is 4.79 Å². The van der Waals surface area contributed by atoms with Crippen molar-refractivity contribution in [3.05, 3.63) is 28.3 Å². The van der Waals surface area contributed by atoms with Gasteiger partial charge in [-0.2, -0.15) is 0 Å². The summed E-state index contributed by atoms with van der Waals surface area (Å²) < 4.78 is 4.92. The van der Waals surface area contributed by atoms with Crippen LogP contribution < -0.4 is 15.4 Å². The summed E-state index contributed by atoms with van der Waals surface area (Å²) in [6, 6.07) is 4.38. The van der Waals surface area contributed by atoms with E-state index in [1.165, 1.54) is 19.2 Å². The molecule has 0 aliphatic carbocycles. The van der Waals surface area contributed by atoms with Crippen molar-refractivity contribution >= 4 is 17.3 Å². The van der Waals surface area contributed by atoms with Crippen LogP contribution in [-0.4, -0.2) is 31.0 Å². The Bertz CT molecular complexity index is 538. The lowest BCUT2D eigenvalue weighted by Gasteiger charge is -2.21. The number of amides is 1. The molecule has 7 heteroatoms. The molecule has 0 aromatic heterocycles. The quantitative estimate of drug-likeness (QED) is 0.644. The van der Waals surface area contributed by atoms with Crippen molar-refractivity contribution in [2.45, 2.75) is 13.3 Å². The van der Waals surface area contributed by atoms with Crippen LogP contribution in [0.3, 0.4) is 0 Å². The highest BCUT2D eigenvalue weighted by Crippen LogP contribution is 2.31. The second kappa shape index (κ2) is 5.46. The Balaban J connectivity index is 2.19. The van der Waals surface area contributed by atoms with Crippen LogP contribution >= 0.6 is 0 Å². The molecule has 1 unspecified atom stereocenters. The van der Waals surface area contributed by atoms with E-state index in [2.05, 4.69) is 10.6 Å². The number of rotatable bonds is 4. The number of carbonyl (C=O) groups excluding carboxylic acids is 1. The van der Waals surface area contributed by atoms with Crippen LogP contribution in [0.25, 0.3) is 0 Å². The molecule has 1 saturated heterocycles. The van der Waals surface area contributed by atoms with Gasteiger partial charge in [-0.05, 0) is 32.0 Å². The van der Waals surface area contributed by atoms with Gasteiger partial charge in [0.2, 0.25) is 5.91 Å². The Morgan fingerprint density at radius 2 is 2.30 bits per heavy atom. The minimum Gasteiger partial charge on any atom is -0.490 e. The lowest BCUT2D eigenvalue weighted by Crippen LogP contribution is -2.35. The van der Waals surface area contributed by atoms with Crippen molar-refractivity contribution in [3.63, 3.8) is 0 Å². The standard InChI is InChI=1S/C13H17N3O4/c1-13(5-6-14-8-13)12(17)15-9-3-4-11(20-2)10(7-9)16(18)19/h3-4,7,14H,5-6,8H2,1-2H3,(H,15,17). The molecule has 20 heavy (non-hydrogen) atoms. The minimum absolute atomic E-state index is 0.137. The van der Waals surface area contributed by atoms with Crippen molar-refractivity contribution in [2.75, 3.05) is 25.5 Å². The molecular weight excluding hydrogens is 262 g/mol. The Morgan fingerprint density at radius 3 is 2.85 bits per heavy atom. The van der Waals surface area contributed by atoms with E-state index in [0.717, 1.165) is 13.0 Å². The molecule has 0 bridgehead atoms. The topological polar surface area (TPSA) is 93.5 Å². The number of carbonyl (C=O) groups is 1. The normalized spacial score (nSPS) is 21.5. The molecule has 0 saturated carbocycles. The summed E-state index contributed by atoms with van der Waals surface area (Å²) >= 11 is 0. The zero-order valence-corrected chi connectivity index (χ0v) is 11.4. The van der Waals surface area contributed by atoms with Crippen molar-refractivity contribution in [1.82, 2.24) is 5.32 Å². The van der Waals surface area contributed by atoms with Crippen LogP contribution in [0, 0.1) is 15.5 Å². The average Bonchev–Trinajstić information content (AvgIpc) is 2.87. The fourth-order valence-corrected chi connectivity index (χ4v) is 2.20. The van der Waals surface area contributed by atoms with Gasteiger partial charge in [-0.1, -0.05) is 0 Å². The summed E-state index contributed by atoms with van der Waals surface area (Å²) in [6.07, 6.45) is 0.747. The molecule has 0 radical (unpaired) electrons. The first-order valence-corrected chi connectivity index (χ1v) is 6.31. The number of ether oxygens (including phenoxy) is 1. The Hall–Kier alpha value is -2.15. The number of nitrogens with one attached hydrogen (secondary N) is 2. The van der Waals surface area contributed by atoms with Crippen molar-refractivity contribution in [1.29, 1.82) is 0 Å². The molecule has 2 rings (SSSR count). The maximum Gasteiger partial charge on any atom is 0.312 e. The molecule has 2 N–H and O–H groups in total. The monoisotopic (exact) mass is 279 g/mol. The molecule has 0 spiro atoms. The van der Waals surface area contributed by atoms with Gasteiger partial charge >= 0.3 is 5.69 Å². The molecule has 7 nitrogen and oxygen atoms in total. The third kappa shape index (κ3) is 2.72. The summed E-state index contributed by atoms with van der Waals surface area (Å²) in [6.45, 7) is 3.28. The predicted octanol–water partition coefficient (Wildman–Crippen LogP) is 1.54. The molecule has 1 heterocycles. The van der Waals surface area contributed by atoms with E-state index in [-0.39, 0.29) is 17.3 Å². The highest BCUT2D eigenvalue weighted by Gasteiger charge is 2.36. The maximum atomic E-state index is 12.2. The van der Waals surface area contributed by atoms with E-state index in [4.69, 9.17) is 4.74 Å². The summed E-state index contributed by atoms with van der Waals surface area (Å²) in [5.74, 6) is 0.0312. The van der Waals surface area contributed by atoms with Gasteiger partial charge in [0.25, 0.3) is 0 Å². The first-order valence-electron chi connectivity index (χ1n) is 6.31. The number of hydrogen-bond donors (Lipinski definition) is 2. The van der Waals surface area contributed by atoms with E-state index < -0.39 is 10.3 Å². The number of nitro benzene ring substituents is 1. The van der Waals surface area contributed by atoms with Gasteiger partial charge in [-0.3, -0.25) is 14.9 Å². The van der Waals surface area contributed by atoms with Crippen LogP contribution in [0.2, 0.25) is 0 Å². The lowest BCUT2D eigenvalue weighted by atomic mass is 9.89. The highest BCUT2D eigenvalue weighted by atomic mass is 16.6. The van der Waals surface area contributed by atoms with E-state index in [0.29, 0.717) is 12.2 Å². The number of methoxy groups -OCH3 is 1. The third-order valence-corrected chi connectivity index (χ3v) is 3.55. The zero-order valence-electron chi connectivity index (χ0n) is 11.4. The predicted molar refractivity (Wildman–Crippen MR) is 73.9 cm³/mol. The number of benzene rings is 1. The van der Waals surface area contributed by atoms with Gasteiger partial charge in [0.15, 0.2) is 5.75 Å². The van der Waals surface area contributed by atoms with E-state index in [1.54, 1.807) is 6.07 Å². The molecule has 1 atom stereocenters. The first-order chi connectivity index (χ1) is 9.46. The number of nitrogens with zero attached hydrogens (tertiary/aromatic N) is 1. The van der Waals surface area contributed by atoms with Crippen LogP contribution in [0.4, 0.5) is 11.4 Å². The van der Waals surface area contributed by atoms with Gasteiger partial charge in [0.1, 0.15) is 0 Å². The molecule has 1 aromatic rings. The van der Waals surface area contributed by atoms with E-state index in [1.807, 2.05) is 6.92 Å². The maximum absolute atomic E-state index is 12.2. The van der Waals surface area contributed by atoms with Gasteiger partial charge in [-0.15, -0.1) is 0 Å². The molecule has 1 amide bonds. The summed E-state index contributed by atoms with van der Waals surface area (Å²) in [7, 11) is 1.37. The minimum atomic E-state index is -0.534. The fraction of sp³-hybridized carbons (Fsp3) is 0.462. The first kappa shape index (κ1) is 14.3. The van der Waals surface area contributed by atoms with Gasteiger partial charge in [0.05, 0.1) is 17.4 Å². The SMILES string of the molecule is COc1ccc(NC(=O)C2(C)CCNC2)cc1[N+](=O)[O-]. The number of anilines is 1. The summed E-state index contributed by atoms with van der Waals surface area (Å²) in [5, 5.41) is 16.8. The zero-order chi connectivity index (χ0) is 14.8. The third-order valence-electron chi connectivity index (χ3n) is 3.55. The Morgan fingerprint density at radius 1 is 1.55 bits per heavy atom. The van der Waals surface area contributed by atoms with Crippen molar-refractivity contribution in [3.8, 4) is 5.75 Å². The van der Waals surface area contributed by atoms with Gasteiger partial charge < -0.3 is 15.4 Å². The van der Waals surface area contributed by atoms with Crippen LogP contribution in [0.15, 0.2) is 18.2 Å². The fourth-order valence-electron chi connectivity index (χ4n) is 2.20. The molecule has 1 aromatic carbocycles. The Labute approximate surface area is 116 Å². The second-order valence-electron chi connectivity index (χ2n) is 5.09. The van der Waals surface area contributed by atoms with Crippen molar-refractivity contribution in [2.24, 2.45) is 5.41 Å².